The minimum absolute atomic E-state index is 0.239. The molecular formula is C22H23N7O2. The number of nitrogens with zero attached hydrogens (tertiary/aromatic N) is 5. The number of aryl methyl sites for hydroxylation is 3. The van der Waals surface area contributed by atoms with E-state index in [1.807, 2.05) is 63.2 Å². The van der Waals surface area contributed by atoms with Crippen molar-refractivity contribution in [1.82, 2.24) is 30.2 Å². The Morgan fingerprint density at radius 2 is 1.84 bits per heavy atom. The largest absolute Gasteiger partial charge is 0.368 e. The summed E-state index contributed by atoms with van der Waals surface area (Å²) < 4.78 is 7.06. The SMILES string of the molecule is Cc1cc(C)n(-c2cc(NCCNC(=O)c3cc(-c4ccccc4)on3)nc(C)n2)n1. The second kappa shape index (κ2) is 8.78. The lowest BCUT2D eigenvalue weighted by molar-refractivity contribution is 0.0946. The average molecular weight is 417 g/mol. The molecule has 0 bridgehead atoms. The van der Waals surface area contributed by atoms with Gasteiger partial charge in [-0.25, -0.2) is 14.6 Å². The van der Waals surface area contributed by atoms with E-state index in [0.29, 0.717) is 36.3 Å². The number of aromatic nitrogens is 5. The molecule has 0 radical (unpaired) electrons. The van der Waals surface area contributed by atoms with Gasteiger partial charge in [-0.1, -0.05) is 35.5 Å². The van der Waals surface area contributed by atoms with E-state index in [-0.39, 0.29) is 11.6 Å². The Kier molecular flexibility index (Phi) is 5.74. The van der Waals surface area contributed by atoms with E-state index in [0.717, 1.165) is 17.0 Å². The molecule has 9 nitrogen and oxygen atoms in total. The summed E-state index contributed by atoms with van der Waals surface area (Å²) in [5.74, 6) is 2.25. The van der Waals surface area contributed by atoms with Crippen LogP contribution < -0.4 is 10.6 Å². The van der Waals surface area contributed by atoms with Gasteiger partial charge in [0.15, 0.2) is 17.3 Å². The van der Waals surface area contributed by atoms with Crippen LogP contribution in [0.3, 0.4) is 0 Å². The van der Waals surface area contributed by atoms with Crippen LogP contribution in [0.2, 0.25) is 0 Å². The molecule has 0 saturated carbocycles. The molecule has 4 aromatic rings. The molecule has 0 aliphatic carbocycles. The van der Waals surface area contributed by atoms with Crippen LogP contribution in [0.5, 0.6) is 0 Å². The van der Waals surface area contributed by atoms with E-state index in [9.17, 15) is 4.79 Å². The molecule has 9 heteroatoms. The van der Waals surface area contributed by atoms with Crippen molar-refractivity contribution in [2.45, 2.75) is 20.8 Å². The molecule has 4 rings (SSSR count). The minimum atomic E-state index is -0.296. The van der Waals surface area contributed by atoms with E-state index in [1.54, 1.807) is 10.7 Å². The highest BCUT2D eigenvalue weighted by Gasteiger charge is 2.13. The van der Waals surface area contributed by atoms with Crippen LogP contribution in [0.1, 0.15) is 27.7 Å². The molecule has 0 atom stereocenters. The summed E-state index contributed by atoms with van der Waals surface area (Å²) in [5.41, 5.74) is 3.03. The van der Waals surface area contributed by atoms with Crippen LogP contribution in [0, 0.1) is 20.8 Å². The smallest absolute Gasteiger partial charge is 0.273 e. The summed E-state index contributed by atoms with van der Waals surface area (Å²) in [6.45, 7) is 6.63. The third-order valence-corrected chi connectivity index (χ3v) is 4.57. The Bertz CT molecular complexity index is 1200. The standard InChI is InChI=1S/C22H23N7O2/c1-14-11-15(2)29(27-14)21-13-20(25-16(3)26-21)23-9-10-24-22(30)18-12-19(31-28-18)17-7-5-4-6-8-17/h4-8,11-13H,9-10H2,1-3H3,(H,24,30)(H,23,25,26). The van der Waals surface area contributed by atoms with Crippen molar-refractivity contribution in [3.63, 3.8) is 0 Å². The third kappa shape index (κ3) is 4.77. The summed E-state index contributed by atoms with van der Waals surface area (Å²) in [5, 5.41) is 14.4. The number of amides is 1. The van der Waals surface area contributed by atoms with Crippen molar-refractivity contribution in [1.29, 1.82) is 0 Å². The van der Waals surface area contributed by atoms with Gasteiger partial charge >= 0.3 is 0 Å². The fourth-order valence-corrected chi connectivity index (χ4v) is 3.19. The first-order chi connectivity index (χ1) is 15.0. The molecular weight excluding hydrogens is 394 g/mol. The molecule has 0 aliphatic rings. The number of rotatable bonds is 7. The minimum Gasteiger partial charge on any atom is -0.368 e. The number of carbonyl (C=O) groups is 1. The van der Waals surface area contributed by atoms with E-state index < -0.39 is 0 Å². The molecule has 31 heavy (non-hydrogen) atoms. The van der Waals surface area contributed by atoms with Gasteiger partial charge in [0, 0.05) is 36.5 Å². The topological polar surface area (TPSA) is 111 Å². The van der Waals surface area contributed by atoms with Crippen LogP contribution in [-0.4, -0.2) is 43.9 Å². The van der Waals surface area contributed by atoms with Crippen LogP contribution in [0.25, 0.3) is 17.1 Å². The maximum Gasteiger partial charge on any atom is 0.273 e. The molecule has 1 aromatic carbocycles. The zero-order valence-corrected chi connectivity index (χ0v) is 17.6. The molecule has 3 heterocycles. The first-order valence-corrected chi connectivity index (χ1v) is 9.93. The van der Waals surface area contributed by atoms with Gasteiger partial charge in [-0.2, -0.15) is 5.10 Å². The predicted molar refractivity (Wildman–Crippen MR) is 116 cm³/mol. The molecule has 0 saturated heterocycles. The number of nitrogens with one attached hydrogen (secondary N) is 2. The lowest BCUT2D eigenvalue weighted by atomic mass is 10.1. The Hall–Kier alpha value is -4.01. The fourth-order valence-electron chi connectivity index (χ4n) is 3.19. The van der Waals surface area contributed by atoms with Crippen molar-refractivity contribution in [2.75, 3.05) is 18.4 Å². The van der Waals surface area contributed by atoms with Crippen molar-refractivity contribution < 1.29 is 9.32 Å². The lowest BCUT2D eigenvalue weighted by Crippen LogP contribution is -2.29. The quantitative estimate of drug-likeness (QED) is 0.445. The van der Waals surface area contributed by atoms with Gasteiger partial charge in [-0.05, 0) is 26.8 Å². The second-order valence-electron chi connectivity index (χ2n) is 7.12. The van der Waals surface area contributed by atoms with Gasteiger partial charge in [-0.3, -0.25) is 4.79 Å². The summed E-state index contributed by atoms with van der Waals surface area (Å²) in [6, 6.07) is 15.0. The molecule has 2 N–H and O–H groups in total. The molecule has 0 aliphatic heterocycles. The van der Waals surface area contributed by atoms with E-state index >= 15 is 0 Å². The third-order valence-electron chi connectivity index (χ3n) is 4.57. The zero-order valence-electron chi connectivity index (χ0n) is 17.6. The number of anilines is 1. The van der Waals surface area contributed by atoms with Crippen molar-refractivity contribution in [3.05, 3.63) is 71.4 Å². The van der Waals surface area contributed by atoms with E-state index in [1.165, 1.54) is 0 Å². The second-order valence-corrected chi connectivity index (χ2v) is 7.12. The van der Waals surface area contributed by atoms with Gasteiger partial charge in [0.1, 0.15) is 11.6 Å². The van der Waals surface area contributed by atoms with Gasteiger partial charge in [0.25, 0.3) is 5.91 Å². The fraction of sp³-hybridized carbons (Fsp3) is 0.227. The number of benzene rings is 1. The summed E-state index contributed by atoms with van der Waals surface area (Å²) in [7, 11) is 0. The average Bonchev–Trinajstić information content (AvgIpc) is 3.38. The highest BCUT2D eigenvalue weighted by molar-refractivity contribution is 5.93. The molecule has 1 amide bonds. The monoisotopic (exact) mass is 417 g/mol. The Morgan fingerprint density at radius 3 is 2.58 bits per heavy atom. The van der Waals surface area contributed by atoms with Crippen molar-refractivity contribution in [3.8, 4) is 17.1 Å². The molecule has 0 fully saturated rings. The van der Waals surface area contributed by atoms with Crippen molar-refractivity contribution >= 4 is 11.7 Å². The molecule has 0 unspecified atom stereocenters. The van der Waals surface area contributed by atoms with Crippen LogP contribution >= 0.6 is 0 Å². The summed E-state index contributed by atoms with van der Waals surface area (Å²) in [4.78, 5) is 21.2. The molecule has 158 valence electrons. The summed E-state index contributed by atoms with van der Waals surface area (Å²) in [6.07, 6.45) is 0. The van der Waals surface area contributed by atoms with Gasteiger partial charge < -0.3 is 15.2 Å². The predicted octanol–water partition coefficient (Wildman–Crippen LogP) is 3.08. The van der Waals surface area contributed by atoms with Crippen LogP contribution in [-0.2, 0) is 0 Å². The van der Waals surface area contributed by atoms with Crippen molar-refractivity contribution in [2.24, 2.45) is 0 Å². The van der Waals surface area contributed by atoms with Crippen LogP contribution in [0.4, 0.5) is 5.82 Å². The van der Waals surface area contributed by atoms with Gasteiger partial charge in [-0.15, -0.1) is 0 Å². The Labute approximate surface area is 179 Å². The first kappa shape index (κ1) is 20.3. The van der Waals surface area contributed by atoms with Gasteiger partial charge in [0.05, 0.1) is 5.69 Å². The highest BCUT2D eigenvalue weighted by Crippen LogP contribution is 2.19. The Balaban J connectivity index is 1.33. The van der Waals surface area contributed by atoms with Gasteiger partial charge in [0.2, 0.25) is 0 Å². The zero-order chi connectivity index (χ0) is 21.8. The highest BCUT2D eigenvalue weighted by atomic mass is 16.5. The summed E-state index contributed by atoms with van der Waals surface area (Å²) >= 11 is 0. The van der Waals surface area contributed by atoms with Crippen LogP contribution in [0.15, 0.2) is 53.1 Å². The maximum atomic E-state index is 12.3. The normalized spacial score (nSPS) is 10.8. The molecule has 3 aromatic heterocycles. The number of carbonyl (C=O) groups excluding carboxylic acids is 1. The first-order valence-electron chi connectivity index (χ1n) is 9.93. The number of hydrogen-bond donors (Lipinski definition) is 2. The Morgan fingerprint density at radius 1 is 1.03 bits per heavy atom. The lowest BCUT2D eigenvalue weighted by Gasteiger charge is -2.10. The maximum absolute atomic E-state index is 12.3. The van der Waals surface area contributed by atoms with E-state index in [2.05, 4.69) is 30.9 Å². The van der Waals surface area contributed by atoms with E-state index in [4.69, 9.17) is 4.52 Å². The number of hydrogen-bond acceptors (Lipinski definition) is 7. The molecule has 0 spiro atoms.